The Bertz CT molecular complexity index is 1010. The normalized spacial score (nSPS) is 26.3. The second kappa shape index (κ2) is 9.37. The SMILES string of the molecule is C=CC(=O)NC1C(C)CN(S(=O)(=O)c2ccc(S(=O)(=O)N3CCOCC3)cc2)CC1C. The van der Waals surface area contributed by atoms with E-state index in [1.165, 1.54) is 39.0 Å². The average molecular weight is 472 g/mol. The summed E-state index contributed by atoms with van der Waals surface area (Å²) in [6.07, 6.45) is 1.20. The van der Waals surface area contributed by atoms with Gasteiger partial charge in [0.05, 0.1) is 23.0 Å². The van der Waals surface area contributed by atoms with Crippen molar-refractivity contribution in [2.45, 2.75) is 29.7 Å². The molecule has 2 aliphatic rings. The van der Waals surface area contributed by atoms with Gasteiger partial charge in [0.25, 0.3) is 0 Å². The van der Waals surface area contributed by atoms with Gasteiger partial charge < -0.3 is 10.1 Å². The molecule has 0 aromatic heterocycles. The van der Waals surface area contributed by atoms with Gasteiger partial charge >= 0.3 is 0 Å². The molecule has 2 fully saturated rings. The van der Waals surface area contributed by atoms with E-state index in [1.807, 2.05) is 13.8 Å². The van der Waals surface area contributed by atoms with Crippen molar-refractivity contribution < 1.29 is 26.4 Å². The van der Waals surface area contributed by atoms with Gasteiger partial charge in [-0.2, -0.15) is 8.61 Å². The van der Waals surface area contributed by atoms with Gasteiger partial charge in [0, 0.05) is 32.2 Å². The van der Waals surface area contributed by atoms with E-state index < -0.39 is 20.0 Å². The van der Waals surface area contributed by atoms with Crippen LogP contribution in [0.3, 0.4) is 0 Å². The number of carbonyl (C=O) groups excluding carboxylic acids is 1. The summed E-state index contributed by atoms with van der Waals surface area (Å²) in [4.78, 5) is 11.8. The predicted octanol–water partition coefficient (Wildman–Crippen LogP) is 0.655. The first-order valence-corrected chi connectivity index (χ1v) is 13.1. The van der Waals surface area contributed by atoms with Gasteiger partial charge in [-0.25, -0.2) is 16.8 Å². The lowest BCUT2D eigenvalue weighted by Gasteiger charge is -2.40. The minimum Gasteiger partial charge on any atom is -0.379 e. The van der Waals surface area contributed by atoms with Crippen LogP contribution in [0, 0.1) is 11.8 Å². The molecule has 3 rings (SSSR count). The van der Waals surface area contributed by atoms with Crippen molar-refractivity contribution in [3.8, 4) is 0 Å². The molecule has 9 nitrogen and oxygen atoms in total. The summed E-state index contributed by atoms with van der Waals surface area (Å²) in [5.74, 6) is -0.469. The van der Waals surface area contributed by atoms with Gasteiger partial charge in [0.15, 0.2) is 0 Å². The zero-order valence-electron chi connectivity index (χ0n) is 17.7. The molecule has 0 spiro atoms. The van der Waals surface area contributed by atoms with Crippen molar-refractivity contribution in [3.05, 3.63) is 36.9 Å². The molecule has 31 heavy (non-hydrogen) atoms. The summed E-state index contributed by atoms with van der Waals surface area (Å²) in [7, 11) is -7.49. The fourth-order valence-electron chi connectivity index (χ4n) is 4.08. The molecule has 172 valence electrons. The number of benzene rings is 1. The second-order valence-electron chi connectivity index (χ2n) is 8.00. The van der Waals surface area contributed by atoms with Crippen molar-refractivity contribution in [1.82, 2.24) is 13.9 Å². The summed E-state index contributed by atoms with van der Waals surface area (Å²) in [5, 5.41) is 2.88. The molecule has 0 aliphatic carbocycles. The highest BCUT2D eigenvalue weighted by atomic mass is 32.2. The molecular formula is C20H29N3O6S2. The first-order valence-electron chi connectivity index (χ1n) is 10.2. The molecule has 0 radical (unpaired) electrons. The number of morpholine rings is 1. The summed E-state index contributed by atoms with van der Waals surface area (Å²) in [6, 6.07) is 5.19. The number of nitrogens with zero attached hydrogens (tertiary/aromatic N) is 2. The minimum atomic E-state index is -3.80. The van der Waals surface area contributed by atoms with E-state index in [9.17, 15) is 21.6 Å². The molecule has 1 N–H and O–H groups in total. The number of sulfonamides is 2. The molecule has 1 amide bonds. The van der Waals surface area contributed by atoms with E-state index in [2.05, 4.69) is 11.9 Å². The number of amides is 1. The van der Waals surface area contributed by atoms with Crippen LogP contribution in [0.25, 0.3) is 0 Å². The van der Waals surface area contributed by atoms with Crippen molar-refractivity contribution >= 4 is 26.0 Å². The molecule has 11 heteroatoms. The molecule has 2 heterocycles. The maximum Gasteiger partial charge on any atom is 0.243 e. The van der Waals surface area contributed by atoms with E-state index in [4.69, 9.17) is 4.74 Å². The predicted molar refractivity (Wildman–Crippen MR) is 115 cm³/mol. The van der Waals surface area contributed by atoms with Gasteiger partial charge in [-0.05, 0) is 42.2 Å². The Hall–Kier alpha value is -1.79. The third-order valence-corrected chi connectivity index (χ3v) is 9.53. The number of nitrogens with one attached hydrogen (secondary N) is 1. The quantitative estimate of drug-likeness (QED) is 0.610. The lowest BCUT2D eigenvalue weighted by molar-refractivity contribution is -0.118. The minimum absolute atomic E-state index is 0.0430. The molecule has 0 bridgehead atoms. The molecule has 1 aromatic carbocycles. The third kappa shape index (κ3) is 5.01. The Morgan fingerprint density at radius 1 is 0.968 bits per heavy atom. The van der Waals surface area contributed by atoms with Crippen LogP contribution in [0.4, 0.5) is 0 Å². The summed E-state index contributed by atoms with van der Waals surface area (Å²) < 4.78 is 59.8. The number of carbonyl (C=O) groups is 1. The second-order valence-corrected chi connectivity index (χ2v) is 11.9. The van der Waals surface area contributed by atoms with Crippen LogP contribution in [-0.2, 0) is 29.6 Å². The van der Waals surface area contributed by atoms with E-state index in [-0.39, 0.29) is 59.8 Å². The van der Waals surface area contributed by atoms with Crippen LogP contribution in [0.15, 0.2) is 46.7 Å². The Morgan fingerprint density at radius 2 is 1.42 bits per heavy atom. The fraction of sp³-hybridized carbons (Fsp3) is 0.550. The van der Waals surface area contributed by atoms with Crippen LogP contribution in [0.2, 0.25) is 0 Å². The Balaban J connectivity index is 1.76. The highest BCUT2D eigenvalue weighted by molar-refractivity contribution is 7.89. The number of ether oxygens (including phenoxy) is 1. The van der Waals surface area contributed by atoms with Gasteiger partial charge in [-0.3, -0.25) is 4.79 Å². The summed E-state index contributed by atoms with van der Waals surface area (Å²) in [5.41, 5.74) is 0. The maximum atomic E-state index is 13.2. The Morgan fingerprint density at radius 3 is 1.87 bits per heavy atom. The molecular weight excluding hydrogens is 442 g/mol. The molecule has 0 saturated carbocycles. The van der Waals surface area contributed by atoms with E-state index in [0.717, 1.165) is 0 Å². The van der Waals surface area contributed by atoms with Crippen LogP contribution in [0.5, 0.6) is 0 Å². The third-order valence-electron chi connectivity index (χ3n) is 5.77. The van der Waals surface area contributed by atoms with Crippen LogP contribution >= 0.6 is 0 Å². The number of hydrogen-bond acceptors (Lipinski definition) is 6. The topological polar surface area (TPSA) is 113 Å². The van der Waals surface area contributed by atoms with Crippen molar-refractivity contribution in [1.29, 1.82) is 0 Å². The van der Waals surface area contributed by atoms with E-state index in [0.29, 0.717) is 13.2 Å². The van der Waals surface area contributed by atoms with Crippen LogP contribution in [-0.4, -0.2) is 76.8 Å². The lowest BCUT2D eigenvalue weighted by Crippen LogP contribution is -2.55. The number of rotatable bonds is 6. The van der Waals surface area contributed by atoms with E-state index >= 15 is 0 Å². The summed E-state index contributed by atoms with van der Waals surface area (Å²) in [6.45, 7) is 8.97. The molecule has 1 aromatic rings. The summed E-state index contributed by atoms with van der Waals surface area (Å²) >= 11 is 0. The monoisotopic (exact) mass is 471 g/mol. The first kappa shape index (κ1) is 23.9. The fourth-order valence-corrected chi connectivity index (χ4v) is 7.13. The van der Waals surface area contributed by atoms with E-state index in [1.54, 1.807) is 0 Å². The van der Waals surface area contributed by atoms with Crippen molar-refractivity contribution in [2.24, 2.45) is 11.8 Å². The van der Waals surface area contributed by atoms with Gasteiger partial charge in [-0.15, -0.1) is 0 Å². The van der Waals surface area contributed by atoms with Gasteiger partial charge in [-0.1, -0.05) is 20.4 Å². The van der Waals surface area contributed by atoms with Crippen molar-refractivity contribution in [2.75, 3.05) is 39.4 Å². The zero-order chi connectivity index (χ0) is 22.8. The average Bonchev–Trinajstić information content (AvgIpc) is 2.76. The maximum absolute atomic E-state index is 13.2. The van der Waals surface area contributed by atoms with Crippen LogP contribution < -0.4 is 5.32 Å². The Kier molecular flexibility index (Phi) is 7.21. The molecule has 2 aliphatic heterocycles. The number of piperidine rings is 1. The Labute approximate surface area is 184 Å². The number of hydrogen-bond donors (Lipinski definition) is 1. The van der Waals surface area contributed by atoms with Gasteiger partial charge in [0.1, 0.15) is 0 Å². The zero-order valence-corrected chi connectivity index (χ0v) is 19.4. The first-order chi connectivity index (χ1) is 14.6. The highest BCUT2D eigenvalue weighted by Gasteiger charge is 2.38. The van der Waals surface area contributed by atoms with Gasteiger partial charge in [0.2, 0.25) is 26.0 Å². The lowest BCUT2D eigenvalue weighted by atomic mass is 9.87. The smallest absolute Gasteiger partial charge is 0.243 e. The molecule has 2 atom stereocenters. The largest absolute Gasteiger partial charge is 0.379 e. The highest BCUT2D eigenvalue weighted by Crippen LogP contribution is 2.28. The standard InChI is InChI=1S/C20H29N3O6S2/c1-4-19(24)21-20-15(2)13-23(14-16(20)3)31(27,28)18-7-5-17(6-8-18)30(25,26)22-9-11-29-12-10-22/h4-8,15-16,20H,1,9-14H2,2-3H3,(H,21,24). The molecule has 2 saturated heterocycles. The molecule has 2 unspecified atom stereocenters. The van der Waals surface area contributed by atoms with Crippen molar-refractivity contribution in [3.63, 3.8) is 0 Å². The van der Waals surface area contributed by atoms with Crippen LogP contribution in [0.1, 0.15) is 13.8 Å².